The molecule has 9 heteroatoms. The number of methoxy groups -OCH3 is 2. The molecule has 144 valence electrons. The predicted octanol–water partition coefficient (Wildman–Crippen LogP) is 0.872. The van der Waals surface area contributed by atoms with E-state index in [9.17, 15) is 18.0 Å². The van der Waals surface area contributed by atoms with E-state index in [1.165, 1.54) is 14.2 Å². The van der Waals surface area contributed by atoms with Gasteiger partial charge in [-0.15, -0.1) is 0 Å². The number of carbonyl (C=O) groups excluding carboxylic acids is 2. The van der Waals surface area contributed by atoms with Gasteiger partial charge < -0.3 is 14.8 Å². The fourth-order valence-corrected chi connectivity index (χ4v) is 3.88. The van der Waals surface area contributed by atoms with Crippen molar-refractivity contribution in [2.24, 2.45) is 0 Å². The van der Waals surface area contributed by atoms with E-state index in [0.717, 1.165) is 6.26 Å². The van der Waals surface area contributed by atoms with Crippen molar-refractivity contribution in [1.82, 2.24) is 5.32 Å². The molecule has 0 aromatic heterocycles. The van der Waals surface area contributed by atoms with Crippen LogP contribution in [0, 0.1) is 0 Å². The first-order valence-corrected chi connectivity index (χ1v) is 9.90. The van der Waals surface area contributed by atoms with Gasteiger partial charge in [-0.1, -0.05) is 18.2 Å². The van der Waals surface area contributed by atoms with Gasteiger partial charge in [0.1, 0.15) is 0 Å². The molecule has 1 amide bonds. The Hall–Kier alpha value is -1.97. The van der Waals surface area contributed by atoms with E-state index in [0.29, 0.717) is 5.56 Å². The van der Waals surface area contributed by atoms with Crippen LogP contribution in [-0.4, -0.2) is 58.5 Å². The van der Waals surface area contributed by atoms with E-state index >= 15 is 0 Å². The number of carbonyl (C=O) groups is 2. The van der Waals surface area contributed by atoms with Crippen LogP contribution in [0.5, 0.6) is 0 Å². The Morgan fingerprint density at radius 3 is 2.38 bits per heavy atom. The molecule has 1 aromatic carbocycles. The van der Waals surface area contributed by atoms with E-state index in [4.69, 9.17) is 13.7 Å². The van der Waals surface area contributed by atoms with Gasteiger partial charge >= 0.3 is 5.97 Å². The minimum absolute atomic E-state index is 0.119. The van der Waals surface area contributed by atoms with Crippen molar-refractivity contribution in [2.45, 2.75) is 37.0 Å². The minimum Gasteiger partial charge on any atom is -0.467 e. The molecular formula is C17H23NO7S. The maximum atomic E-state index is 12.6. The Morgan fingerprint density at radius 1 is 1.19 bits per heavy atom. The van der Waals surface area contributed by atoms with Gasteiger partial charge in [-0.3, -0.25) is 8.98 Å². The van der Waals surface area contributed by atoms with Crippen molar-refractivity contribution in [2.75, 3.05) is 20.5 Å². The zero-order valence-electron chi connectivity index (χ0n) is 14.9. The molecule has 0 heterocycles. The lowest BCUT2D eigenvalue weighted by molar-refractivity contribution is -0.159. The number of ether oxygens (including phenoxy) is 2. The van der Waals surface area contributed by atoms with Crippen LogP contribution >= 0.6 is 0 Å². The highest BCUT2D eigenvalue weighted by atomic mass is 32.2. The molecule has 0 saturated heterocycles. The van der Waals surface area contributed by atoms with Gasteiger partial charge in [-0.2, -0.15) is 8.42 Å². The van der Waals surface area contributed by atoms with Crippen LogP contribution in [0.3, 0.4) is 0 Å². The first kappa shape index (κ1) is 20.3. The molecule has 2 rings (SSSR count). The van der Waals surface area contributed by atoms with Gasteiger partial charge in [0.15, 0.2) is 5.54 Å². The van der Waals surface area contributed by atoms with Gasteiger partial charge in [0.2, 0.25) is 0 Å². The van der Waals surface area contributed by atoms with Crippen LogP contribution in [-0.2, 0) is 28.6 Å². The molecule has 0 radical (unpaired) electrons. The third-order valence-electron chi connectivity index (χ3n) is 4.40. The van der Waals surface area contributed by atoms with Gasteiger partial charge in [0.25, 0.3) is 16.0 Å². The van der Waals surface area contributed by atoms with E-state index < -0.39 is 39.7 Å². The number of hydrogen-bond donors (Lipinski definition) is 1. The van der Waals surface area contributed by atoms with Crippen LogP contribution in [0.25, 0.3) is 0 Å². The van der Waals surface area contributed by atoms with Gasteiger partial charge in [0, 0.05) is 19.1 Å². The van der Waals surface area contributed by atoms with Crippen LogP contribution in [0.4, 0.5) is 0 Å². The largest absolute Gasteiger partial charge is 0.467 e. The van der Waals surface area contributed by atoms with Crippen molar-refractivity contribution in [3.63, 3.8) is 0 Å². The quantitative estimate of drug-likeness (QED) is 0.572. The monoisotopic (exact) mass is 385 g/mol. The molecule has 0 aliphatic heterocycles. The van der Waals surface area contributed by atoms with Crippen LogP contribution in [0.1, 0.15) is 29.6 Å². The minimum atomic E-state index is -3.64. The highest BCUT2D eigenvalue weighted by Gasteiger charge is 2.52. The van der Waals surface area contributed by atoms with Crippen molar-refractivity contribution in [1.29, 1.82) is 0 Å². The number of amides is 1. The summed E-state index contributed by atoms with van der Waals surface area (Å²) in [7, 11) is -1.03. The van der Waals surface area contributed by atoms with Gasteiger partial charge in [0.05, 0.1) is 25.6 Å². The van der Waals surface area contributed by atoms with Gasteiger partial charge in [-0.05, 0) is 25.0 Å². The van der Waals surface area contributed by atoms with Crippen molar-refractivity contribution >= 4 is 22.0 Å². The normalized spacial score (nSPS) is 26.1. The molecule has 0 bridgehead atoms. The summed E-state index contributed by atoms with van der Waals surface area (Å²) >= 11 is 0. The topological polar surface area (TPSA) is 108 Å². The summed E-state index contributed by atoms with van der Waals surface area (Å²) in [5.41, 5.74) is -1.03. The van der Waals surface area contributed by atoms with Crippen LogP contribution < -0.4 is 5.32 Å². The summed E-state index contributed by atoms with van der Waals surface area (Å²) in [5, 5.41) is 2.74. The molecule has 3 atom stereocenters. The maximum Gasteiger partial charge on any atom is 0.334 e. The van der Waals surface area contributed by atoms with E-state index in [1.54, 1.807) is 30.3 Å². The summed E-state index contributed by atoms with van der Waals surface area (Å²) in [5.74, 6) is -1.09. The molecule has 1 aromatic rings. The Bertz CT molecular complexity index is 750. The Balaban J connectivity index is 2.28. The molecule has 8 nitrogen and oxygen atoms in total. The van der Waals surface area contributed by atoms with Gasteiger partial charge in [-0.25, -0.2) is 4.79 Å². The Kier molecular flexibility index (Phi) is 6.38. The predicted molar refractivity (Wildman–Crippen MR) is 93.0 cm³/mol. The molecule has 1 N–H and O–H groups in total. The number of hydrogen-bond acceptors (Lipinski definition) is 7. The second-order valence-corrected chi connectivity index (χ2v) is 7.80. The molecule has 0 spiro atoms. The molecule has 1 fully saturated rings. The first-order valence-electron chi connectivity index (χ1n) is 8.09. The average molecular weight is 385 g/mol. The summed E-state index contributed by atoms with van der Waals surface area (Å²) in [4.78, 5) is 25.1. The van der Waals surface area contributed by atoms with Crippen molar-refractivity contribution in [3.05, 3.63) is 35.9 Å². The molecule has 1 aliphatic carbocycles. The highest BCUT2D eigenvalue weighted by molar-refractivity contribution is 7.86. The molecular weight excluding hydrogens is 362 g/mol. The molecule has 1 saturated carbocycles. The highest BCUT2D eigenvalue weighted by Crippen LogP contribution is 2.34. The average Bonchev–Trinajstić information content (AvgIpc) is 2.61. The second kappa shape index (κ2) is 8.15. The summed E-state index contributed by atoms with van der Waals surface area (Å²) in [6, 6.07) is 8.45. The summed E-state index contributed by atoms with van der Waals surface area (Å²) in [6.07, 6.45) is 0.0140. The lowest BCUT2D eigenvalue weighted by atomic mass is 9.77. The third-order valence-corrected chi connectivity index (χ3v) is 5.03. The molecule has 0 unspecified atom stereocenters. The number of esters is 1. The molecule has 26 heavy (non-hydrogen) atoms. The maximum absolute atomic E-state index is 12.6. The zero-order chi connectivity index (χ0) is 19.4. The Morgan fingerprint density at radius 2 is 1.85 bits per heavy atom. The van der Waals surface area contributed by atoms with Crippen molar-refractivity contribution in [3.8, 4) is 0 Å². The lowest BCUT2D eigenvalue weighted by Crippen LogP contribution is -2.65. The smallest absolute Gasteiger partial charge is 0.334 e. The fourth-order valence-electron chi connectivity index (χ4n) is 3.21. The molecule has 1 aliphatic rings. The fraction of sp³-hybridized carbons (Fsp3) is 0.529. The summed E-state index contributed by atoms with van der Waals surface area (Å²) in [6.45, 7) is 0. The van der Waals surface area contributed by atoms with E-state index in [2.05, 4.69) is 5.32 Å². The SMILES string of the molecule is COC(=O)[C@@]1(NC(=O)c2ccccc2)CC[C@@H](OS(C)(=O)=O)C[C@H]1OC. The number of nitrogens with one attached hydrogen (secondary N) is 1. The van der Waals surface area contributed by atoms with Crippen LogP contribution in [0.15, 0.2) is 30.3 Å². The first-order chi connectivity index (χ1) is 12.2. The number of rotatable bonds is 6. The summed E-state index contributed by atoms with van der Waals surface area (Å²) < 4.78 is 38.1. The van der Waals surface area contributed by atoms with E-state index in [1.807, 2.05) is 0 Å². The standard InChI is InChI=1S/C17H23NO7S/c1-23-14-11-13(25-26(3,21)22)9-10-17(14,16(20)24-2)18-15(19)12-7-5-4-6-8-12/h4-8,13-14H,9-11H2,1-3H3,(H,18,19)/t13-,14-,17-/m1/s1. The van der Waals surface area contributed by atoms with Crippen molar-refractivity contribution < 1.29 is 31.7 Å². The van der Waals surface area contributed by atoms with E-state index in [-0.39, 0.29) is 19.3 Å². The zero-order valence-corrected chi connectivity index (χ0v) is 15.7. The second-order valence-electron chi connectivity index (χ2n) is 6.20. The Labute approximate surface area is 152 Å². The van der Waals surface area contributed by atoms with Crippen LogP contribution in [0.2, 0.25) is 0 Å². The number of benzene rings is 1. The third kappa shape index (κ3) is 4.60. The lowest BCUT2D eigenvalue weighted by Gasteiger charge is -2.43.